The zero-order chi connectivity index (χ0) is 14.9. The Morgan fingerprint density at radius 2 is 2.10 bits per heavy atom. The van der Waals surface area contributed by atoms with Gasteiger partial charge in [0.15, 0.2) is 0 Å². The minimum Gasteiger partial charge on any atom is -0.464 e. The zero-order valence-electron chi connectivity index (χ0n) is 12.4. The van der Waals surface area contributed by atoms with Gasteiger partial charge in [0.05, 0.1) is 6.61 Å². The molecule has 1 aromatic rings. The van der Waals surface area contributed by atoms with Gasteiger partial charge in [-0.15, -0.1) is 0 Å². The fourth-order valence-corrected chi connectivity index (χ4v) is 3.77. The summed E-state index contributed by atoms with van der Waals surface area (Å²) in [4.78, 5) is 26.5. The normalized spacial score (nSPS) is 27.8. The second-order valence-electron chi connectivity index (χ2n) is 5.90. The van der Waals surface area contributed by atoms with Crippen LogP contribution in [0.5, 0.6) is 0 Å². The molecule has 2 fully saturated rings. The Kier molecular flexibility index (Phi) is 3.70. The molecule has 0 unspecified atom stereocenters. The Morgan fingerprint density at radius 3 is 2.81 bits per heavy atom. The first kappa shape index (κ1) is 14.1. The Bertz CT molecular complexity index is 542. The standard InChI is InChI=1S/C17H21NO3/c1-2-21-16(20)17-10-8-14(18(17)15(19)9-11-17)12-13-6-4-3-5-7-13/h3-7,14H,2,8-12H2,1H3/t14-,17+/m0/s1. The summed E-state index contributed by atoms with van der Waals surface area (Å²) in [5, 5.41) is 0. The summed E-state index contributed by atoms with van der Waals surface area (Å²) < 4.78 is 5.24. The molecule has 0 aliphatic carbocycles. The highest BCUT2D eigenvalue weighted by atomic mass is 16.5. The largest absolute Gasteiger partial charge is 0.464 e. The van der Waals surface area contributed by atoms with Crippen molar-refractivity contribution < 1.29 is 14.3 Å². The molecule has 2 aliphatic rings. The summed E-state index contributed by atoms with van der Waals surface area (Å²) in [6.45, 7) is 2.18. The van der Waals surface area contributed by atoms with Crippen LogP contribution < -0.4 is 0 Å². The summed E-state index contributed by atoms with van der Waals surface area (Å²) in [7, 11) is 0. The number of esters is 1. The van der Waals surface area contributed by atoms with E-state index in [1.165, 1.54) is 5.56 Å². The Balaban J connectivity index is 1.82. The molecule has 3 rings (SSSR count). The van der Waals surface area contributed by atoms with Crippen LogP contribution in [0.1, 0.15) is 38.2 Å². The van der Waals surface area contributed by atoms with E-state index in [9.17, 15) is 9.59 Å². The highest BCUT2D eigenvalue weighted by molar-refractivity contribution is 5.92. The van der Waals surface area contributed by atoms with Gasteiger partial charge in [-0.1, -0.05) is 30.3 Å². The molecule has 0 saturated carbocycles. The molecule has 4 heteroatoms. The van der Waals surface area contributed by atoms with Gasteiger partial charge < -0.3 is 9.64 Å². The first-order valence-electron chi connectivity index (χ1n) is 7.70. The maximum Gasteiger partial charge on any atom is 0.332 e. The van der Waals surface area contributed by atoms with Gasteiger partial charge in [0, 0.05) is 12.5 Å². The van der Waals surface area contributed by atoms with Crippen LogP contribution in [0.4, 0.5) is 0 Å². The molecule has 0 spiro atoms. The first-order chi connectivity index (χ1) is 10.2. The van der Waals surface area contributed by atoms with Crippen LogP contribution in [0.15, 0.2) is 30.3 Å². The molecule has 0 bridgehead atoms. The number of rotatable bonds is 4. The van der Waals surface area contributed by atoms with Crippen LogP contribution in [0.2, 0.25) is 0 Å². The lowest BCUT2D eigenvalue weighted by atomic mass is 9.94. The van der Waals surface area contributed by atoms with E-state index in [1.54, 1.807) is 0 Å². The lowest BCUT2D eigenvalue weighted by molar-refractivity contribution is -0.158. The third-order valence-corrected chi connectivity index (χ3v) is 4.71. The molecular formula is C17H21NO3. The summed E-state index contributed by atoms with van der Waals surface area (Å²) in [5.41, 5.74) is 0.522. The van der Waals surface area contributed by atoms with Gasteiger partial charge in [-0.05, 0) is 38.2 Å². The van der Waals surface area contributed by atoms with Gasteiger partial charge >= 0.3 is 5.97 Å². The number of fused-ring (bicyclic) bond motifs is 1. The van der Waals surface area contributed by atoms with Crippen LogP contribution in [0.3, 0.4) is 0 Å². The van der Waals surface area contributed by atoms with Gasteiger partial charge in [0.25, 0.3) is 0 Å². The van der Waals surface area contributed by atoms with Crippen molar-refractivity contribution in [3.05, 3.63) is 35.9 Å². The Labute approximate surface area is 125 Å². The van der Waals surface area contributed by atoms with Crippen LogP contribution in [0.25, 0.3) is 0 Å². The predicted octanol–water partition coefficient (Wildman–Crippen LogP) is 2.32. The minimum absolute atomic E-state index is 0.0986. The van der Waals surface area contributed by atoms with Crippen molar-refractivity contribution in [3.8, 4) is 0 Å². The maximum absolute atomic E-state index is 12.4. The fourth-order valence-electron chi connectivity index (χ4n) is 3.77. The van der Waals surface area contributed by atoms with E-state index in [1.807, 2.05) is 30.0 Å². The number of benzene rings is 1. The second kappa shape index (κ2) is 5.51. The highest BCUT2D eigenvalue weighted by Gasteiger charge is 2.58. The lowest BCUT2D eigenvalue weighted by Crippen LogP contribution is -2.51. The predicted molar refractivity (Wildman–Crippen MR) is 78.6 cm³/mol. The van der Waals surface area contributed by atoms with E-state index >= 15 is 0 Å². The molecule has 0 N–H and O–H groups in total. The second-order valence-corrected chi connectivity index (χ2v) is 5.90. The third kappa shape index (κ3) is 2.33. The number of carbonyl (C=O) groups is 2. The fraction of sp³-hybridized carbons (Fsp3) is 0.529. The van der Waals surface area contributed by atoms with Gasteiger partial charge in [0.1, 0.15) is 5.54 Å². The van der Waals surface area contributed by atoms with Crippen LogP contribution in [-0.2, 0) is 20.7 Å². The molecule has 0 aromatic heterocycles. The molecule has 4 nitrogen and oxygen atoms in total. The Hall–Kier alpha value is -1.84. The maximum atomic E-state index is 12.4. The monoisotopic (exact) mass is 287 g/mol. The van der Waals surface area contributed by atoms with E-state index in [4.69, 9.17) is 4.74 Å². The topological polar surface area (TPSA) is 46.6 Å². The third-order valence-electron chi connectivity index (χ3n) is 4.71. The van der Waals surface area contributed by atoms with E-state index < -0.39 is 5.54 Å². The van der Waals surface area contributed by atoms with Crippen molar-refractivity contribution in [1.29, 1.82) is 0 Å². The van der Waals surface area contributed by atoms with Gasteiger partial charge in [-0.25, -0.2) is 4.79 Å². The summed E-state index contributed by atoms with van der Waals surface area (Å²) in [6, 6.07) is 10.3. The molecule has 0 radical (unpaired) electrons. The van der Waals surface area contributed by atoms with E-state index in [-0.39, 0.29) is 17.9 Å². The van der Waals surface area contributed by atoms with Crippen molar-refractivity contribution in [2.75, 3.05) is 6.61 Å². The number of amides is 1. The van der Waals surface area contributed by atoms with Crippen LogP contribution >= 0.6 is 0 Å². The van der Waals surface area contributed by atoms with Crippen molar-refractivity contribution >= 4 is 11.9 Å². The number of hydrogen-bond acceptors (Lipinski definition) is 3. The zero-order valence-corrected chi connectivity index (χ0v) is 12.4. The molecule has 1 amide bonds. The number of carbonyl (C=O) groups excluding carboxylic acids is 2. The molecule has 21 heavy (non-hydrogen) atoms. The average molecular weight is 287 g/mol. The first-order valence-corrected chi connectivity index (χ1v) is 7.70. The molecule has 2 saturated heterocycles. The van der Waals surface area contributed by atoms with Crippen LogP contribution in [0, 0.1) is 0 Å². The summed E-state index contributed by atoms with van der Waals surface area (Å²) >= 11 is 0. The molecular weight excluding hydrogens is 266 g/mol. The highest BCUT2D eigenvalue weighted by Crippen LogP contribution is 2.44. The van der Waals surface area contributed by atoms with Gasteiger partial charge in [-0.2, -0.15) is 0 Å². The smallest absolute Gasteiger partial charge is 0.332 e. The summed E-state index contributed by atoms with van der Waals surface area (Å²) in [6.07, 6.45) is 3.49. The van der Waals surface area contributed by atoms with Gasteiger partial charge in [0.2, 0.25) is 5.91 Å². The van der Waals surface area contributed by atoms with Gasteiger partial charge in [-0.3, -0.25) is 4.79 Å². The minimum atomic E-state index is -0.688. The molecule has 2 heterocycles. The number of nitrogens with zero attached hydrogens (tertiary/aromatic N) is 1. The summed E-state index contributed by atoms with van der Waals surface area (Å²) in [5.74, 6) is -0.118. The van der Waals surface area contributed by atoms with E-state index in [0.717, 1.165) is 19.3 Å². The molecule has 112 valence electrons. The average Bonchev–Trinajstić information content (AvgIpc) is 3.01. The van der Waals surface area contributed by atoms with E-state index in [0.29, 0.717) is 19.4 Å². The number of ether oxygens (including phenoxy) is 1. The van der Waals surface area contributed by atoms with Crippen molar-refractivity contribution in [1.82, 2.24) is 4.90 Å². The number of hydrogen-bond donors (Lipinski definition) is 0. The molecule has 2 atom stereocenters. The quantitative estimate of drug-likeness (QED) is 0.798. The SMILES string of the molecule is CCOC(=O)[C@@]12CCC(=O)N1[C@H](Cc1ccccc1)CC2. The molecule has 2 aliphatic heterocycles. The van der Waals surface area contributed by atoms with Crippen molar-refractivity contribution in [2.24, 2.45) is 0 Å². The van der Waals surface area contributed by atoms with Crippen LogP contribution in [-0.4, -0.2) is 35.0 Å². The Morgan fingerprint density at radius 1 is 1.33 bits per heavy atom. The van der Waals surface area contributed by atoms with Crippen molar-refractivity contribution in [2.45, 2.75) is 50.6 Å². The van der Waals surface area contributed by atoms with E-state index in [2.05, 4.69) is 12.1 Å². The lowest BCUT2D eigenvalue weighted by Gasteiger charge is -2.33. The molecule has 1 aromatic carbocycles. The van der Waals surface area contributed by atoms with Crippen molar-refractivity contribution in [3.63, 3.8) is 0 Å².